The number of nitrogens with zero attached hydrogens (tertiary/aromatic N) is 2. The lowest BCUT2D eigenvalue weighted by Crippen LogP contribution is -1.96. The molecule has 0 fully saturated rings. The van der Waals surface area contributed by atoms with Gasteiger partial charge in [0.05, 0.1) is 22.1 Å². The molecule has 0 bridgehead atoms. The van der Waals surface area contributed by atoms with Crippen molar-refractivity contribution in [1.82, 2.24) is 9.13 Å². The van der Waals surface area contributed by atoms with E-state index < -0.39 is 0 Å². The largest absolute Gasteiger partial charge is 0.309 e. The van der Waals surface area contributed by atoms with Gasteiger partial charge in [-0.2, -0.15) is 0 Å². The molecule has 2 nitrogen and oxygen atoms in total. The number of benzene rings is 9. The van der Waals surface area contributed by atoms with Crippen LogP contribution >= 0.6 is 0 Å². The van der Waals surface area contributed by atoms with Crippen LogP contribution in [-0.2, 0) is 0 Å². The first-order chi connectivity index (χ1) is 23.8. The second kappa shape index (κ2) is 9.57. The van der Waals surface area contributed by atoms with Crippen molar-refractivity contribution < 1.29 is 0 Å². The fraction of sp³-hybridized carbons (Fsp3) is 0. The summed E-state index contributed by atoms with van der Waals surface area (Å²) in [6.07, 6.45) is 0. The standard InChI is InChI=1S/C46H28N2/c1-2-13-31-27-32(23-21-29(31)11-1)47-41-19-9-7-16-36(41)40-28-33(24-26-43(40)47)48-42-20-10-8-18-39(42)45-44-34-14-4-3-12-30(34)22-25-37(44)35-15-5-6-17-38(35)46(45)48/h1-28H. The van der Waals surface area contributed by atoms with Gasteiger partial charge in [0.1, 0.15) is 0 Å². The molecular weight excluding hydrogens is 581 g/mol. The quantitative estimate of drug-likeness (QED) is 0.173. The van der Waals surface area contributed by atoms with Gasteiger partial charge in [0.25, 0.3) is 0 Å². The fourth-order valence-electron chi connectivity index (χ4n) is 8.40. The average molecular weight is 609 g/mol. The molecule has 222 valence electrons. The predicted octanol–water partition coefficient (Wildman–Crippen LogP) is 12.5. The lowest BCUT2D eigenvalue weighted by Gasteiger charge is -2.14. The van der Waals surface area contributed by atoms with Crippen molar-refractivity contribution in [3.05, 3.63) is 170 Å². The van der Waals surface area contributed by atoms with Crippen LogP contribution in [0.4, 0.5) is 0 Å². The molecule has 11 rings (SSSR count). The van der Waals surface area contributed by atoms with E-state index in [4.69, 9.17) is 0 Å². The number of hydrogen-bond acceptors (Lipinski definition) is 0. The predicted molar refractivity (Wildman–Crippen MR) is 205 cm³/mol. The summed E-state index contributed by atoms with van der Waals surface area (Å²) in [5, 5.41) is 15.3. The van der Waals surface area contributed by atoms with E-state index >= 15 is 0 Å². The molecule has 2 aromatic heterocycles. The van der Waals surface area contributed by atoms with E-state index in [9.17, 15) is 0 Å². The monoisotopic (exact) mass is 608 g/mol. The Morgan fingerprint density at radius 1 is 0.271 bits per heavy atom. The van der Waals surface area contributed by atoms with E-state index in [0.717, 1.165) is 0 Å². The maximum atomic E-state index is 2.51. The molecule has 2 heteroatoms. The Balaban J connectivity index is 1.29. The molecule has 0 saturated carbocycles. The van der Waals surface area contributed by atoms with Crippen molar-refractivity contribution >= 4 is 86.7 Å². The third-order valence-corrected chi connectivity index (χ3v) is 10.4. The topological polar surface area (TPSA) is 9.86 Å². The highest BCUT2D eigenvalue weighted by molar-refractivity contribution is 6.36. The third-order valence-electron chi connectivity index (χ3n) is 10.4. The first-order valence-electron chi connectivity index (χ1n) is 16.6. The Morgan fingerprint density at radius 3 is 1.67 bits per heavy atom. The summed E-state index contributed by atoms with van der Waals surface area (Å²) < 4.78 is 4.93. The van der Waals surface area contributed by atoms with Gasteiger partial charge in [-0.3, -0.25) is 0 Å². The van der Waals surface area contributed by atoms with Crippen LogP contribution < -0.4 is 0 Å². The zero-order valence-corrected chi connectivity index (χ0v) is 26.1. The van der Waals surface area contributed by atoms with Gasteiger partial charge in [-0.1, -0.05) is 127 Å². The van der Waals surface area contributed by atoms with Crippen LogP contribution in [0.5, 0.6) is 0 Å². The Labute approximate surface area is 276 Å². The molecular formula is C46H28N2. The van der Waals surface area contributed by atoms with Gasteiger partial charge in [0.15, 0.2) is 0 Å². The van der Waals surface area contributed by atoms with E-state index in [1.165, 1.54) is 98.1 Å². The fourth-order valence-corrected chi connectivity index (χ4v) is 8.40. The molecule has 9 aromatic carbocycles. The zero-order valence-electron chi connectivity index (χ0n) is 26.1. The number of aromatic nitrogens is 2. The average Bonchev–Trinajstić information content (AvgIpc) is 3.67. The number of fused-ring (bicyclic) bond motifs is 14. The molecule has 0 atom stereocenters. The lowest BCUT2D eigenvalue weighted by molar-refractivity contribution is 1.17. The highest BCUT2D eigenvalue weighted by Crippen LogP contribution is 2.45. The summed E-state index contributed by atoms with van der Waals surface area (Å²) >= 11 is 0. The minimum Gasteiger partial charge on any atom is -0.309 e. The molecule has 0 unspecified atom stereocenters. The molecule has 0 aliphatic heterocycles. The molecule has 48 heavy (non-hydrogen) atoms. The van der Waals surface area contributed by atoms with Gasteiger partial charge < -0.3 is 9.13 Å². The molecule has 2 heterocycles. The first-order valence-corrected chi connectivity index (χ1v) is 16.6. The SMILES string of the molecule is c1ccc2cc(-n3c4ccccc4c4cc(-n5c6ccccc6c6c7c8ccccc8ccc7c7ccccc7c65)ccc43)ccc2c1. The van der Waals surface area contributed by atoms with Crippen LogP contribution in [0.3, 0.4) is 0 Å². The Hall–Kier alpha value is -6.38. The second-order valence-electron chi connectivity index (χ2n) is 12.9. The number of para-hydroxylation sites is 2. The van der Waals surface area contributed by atoms with Crippen LogP contribution in [0.1, 0.15) is 0 Å². The summed E-state index contributed by atoms with van der Waals surface area (Å²) in [6.45, 7) is 0. The minimum atomic E-state index is 1.17. The van der Waals surface area contributed by atoms with E-state index in [1.807, 2.05) is 0 Å². The van der Waals surface area contributed by atoms with Gasteiger partial charge in [-0.25, -0.2) is 0 Å². The molecule has 0 saturated heterocycles. The molecule has 0 N–H and O–H groups in total. The smallest absolute Gasteiger partial charge is 0.0626 e. The molecule has 0 aliphatic carbocycles. The van der Waals surface area contributed by atoms with Crippen LogP contribution in [0.15, 0.2) is 170 Å². The van der Waals surface area contributed by atoms with Crippen LogP contribution in [0.2, 0.25) is 0 Å². The van der Waals surface area contributed by atoms with E-state index in [1.54, 1.807) is 0 Å². The van der Waals surface area contributed by atoms with Crippen molar-refractivity contribution in [2.45, 2.75) is 0 Å². The molecule has 0 amide bonds. The van der Waals surface area contributed by atoms with Gasteiger partial charge in [0, 0.05) is 43.7 Å². The van der Waals surface area contributed by atoms with Gasteiger partial charge in [-0.15, -0.1) is 0 Å². The van der Waals surface area contributed by atoms with E-state index in [-0.39, 0.29) is 0 Å². The third kappa shape index (κ3) is 3.41. The van der Waals surface area contributed by atoms with Crippen molar-refractivity contribution in [2.75, 3.05) is 0 Å². The molecule has 0 spiro atoms. The molecule has 11 aromatic rings. The lowest BCUT2D eigenvalue weighted by atomic mass is 9.93. The number of hydrogen-bond donors (Lipinski definition) is 0. The highest BCUT2D eigenvalue weighted by atomic mass is 15.0. The second-order valence-corrected chi connectivity index (χ2v) is 12.9. The summed E-state index contributed by atoms with van der Waals surface area (Å²) in [6, 6.07) is 62.5. The van der Waals surface area contributed by atoms with Crippen molar-refractivity contribution in [1.29, 1.82) is 0 Å². The Bertz CT molecular complexity index is 3120. The van der Waals surface area contributed by atoms with Crippen LogP contribution in [-0.4, -0.2) is 9.13 Å². The normalized spacial score (nSPS) is 12.2. The van der Waals surface area contributed by atoms with Gasteiger partial charge in [-0.05, 0) is 74.8 Å². The highest BCUT2D eigenvalue weighted by Gasteiger charge is 2.21. The van der Waals surface area contributed by atoms with Gasteiger partial charge >= 0.3 is 0 Å². The Kier molecular flexibility index (Phi) is 5.14. The summed E-state index contributed by atoms with van der Waals surface area (Å²) in [5.74, 6) is 0. The summed E-state index contributed by atoms with van der Waals surface area (Å²) in [7, 11) is 0. The van der Waals surface area contributed by atoms with Crippen LogP contribution in [0.25, 0.3) is 98.1 Å². The number of rotatable bonds is 2. The van der Waals surface area contributed by atoms with Crippen LogP contribution in [0, 0.1) is 0 Å². The Morgan fingerprint density at radius 2 is 0.833 bits per heavy atom. The summed E-state index contributed by atoms with van der Waals surface area (Å²) in [4.78, 5) is 0. The summed E-state index contributed by atoms with van der Waals surface area (Å²) in [5.41, 5.74) is 7.24. The maximum absolute atomic E-state index is 2.51. The van der Waals surface area contributed by atoms with E-state index in [0.29, 0.717) is 0 Å². The van der Waals surface area contributed by atoms with Gasteiger partial charge in [0.2, 0.25) is 0 Å². The molecule has 0 radical (unpaired) electrons. The van der Waals surface area contributed by atoms with Crippen molar-refractivity contribution in [3.63, 3.8) is 0 Å². The maximum Gasteiger partial charge on any atom is 0.0626 e. The van der Waals surface area contributed by atoms with E-state index in [2.05, 4.69) is 179 Å². The van der Waals surface area contributed by atoms with Crippen molar-refractivity contribution in [2.24, 2.45) is 0 Å². The zero-order chi connectivity index (χ0) is 31.3. The molecule has 0 aliphatic rings. The first kappa shape index (κ1) is 25.8. The van der Waals surface area contributed by atoms with Crippen molar-refractivity contribution in [3.8, 4) is 11.4 Å². The minimum absolute atomic E-state index is 1.17.